The van der Waals surface area contributed by atoms with Crippen molar-refractivity contribution in [1.29, 1.82) is 0 Å². The number of hydrogen-bond acceptors (Lipinski definition) is 6. The van der Waals surface area contributed by atoms with Gasteiger partial charge in [-0.3, -0.25) is 4.79 Å². The molecule has 1 amide bonds. The van der Waals surface area contributed by atoms with E-state index < -0.39 is 17.5 Å². The summed E-state index contributed by atoms with van der Waals surface area (Å²) >= 11 is 1.08. The van der Waals surface area contributed by atoms with Crippen LogP contribution >= 0.6 is 11.8 Å². The topological polar surface area (TPSA) is 81.9 Å². The van der Waals surface area contributed by atoms with Crippen molar-refractivity contribution in [2.75, 3.05) is 18.2 Å². The van der Waals surface area contributed by atoms with E-state index in [4.69, 9.17) is 4.74 Å². The number of methoxy groups -OCH3 is 1. The number of carbonyl (C=O) groups excluding carboxylic acids is 1. The van der Waals surface area contributed by atoms with Crippen molar-refractivity contribution in [3.05, 3.63) is 54.1 Å². The maximum absolute atomic E-state index is 13.2. The lowest BCUT2D eigenvalue weighted by Crippen LogP contribution is -2.15. The van der Waals surface area contributed by atoms with Gasteiger partial charge in [0.1, 0.15) is 23.1 Å². The van der Waals surface area contributed by atoms with Gasteiger partial charge in [-0.1, -0.05) is 23.9 Å². The third-order valence-electron chi connectivity index (χ3n) is 3.23. The molecule has 0 fully saturated rings. The first-order valence-electron chi connectivity index (χ1n) is 7.37. The number of rotatable bonds is 6. The van der Waals surface area contributed by atoms with Crippen LogP contribution in [0, 0.1) is 11.6 Å². The van der Waals surface area contributed by atoms with E-state index in [1.165, 1.54) is 11.8 Å². The molecule has 1 N–H and O–H groups in total. The number of benzene rings is 2. The Kier molecular flexibility index (Phi) is 5.42. The molecule has 0 atom stereocenters. The summed E-state index contributed by atoms with van der Waals surface area (Å²) in [5, 5.41) is 14.2. The number of nitrogens with one attached hydrogen (secondary N) is 1. The van der Waals surface area contributed by atoms with Gasteiger partial charge in [-0.2, -0.15) is 4.68 Å². The molecule has 0 saturated carbocycles. The average Bonchev–Trinajstić information content (AvgIpc) is 3.07. The standard InChI is InChI=1S/C16H13F2N5O2S/c1-25-14-5-3-2-4-13(14)23-16(20-21-22-23)26-9-15(24)19-12-7-10(17)6-11(18)8-12/h2-8H,9H2,1H3,(H,19,24). The summed E-state index contributed by atoms with van der Waals surface area (Å²) in [5.41, 5.74) is 0.660. The van der Waals surface area contributed by atoms with E-state index >= 15 is 0 Å². The van der Waals surface area contributed by atoms with Gasteiger partial charge in [0.2, 0.25) is 11.1 Å². The number of thioether (sulfide) groups is 1. The number of halogens is 2. The van der Waals surface area contributed by atoms with Gasteiger partial charge in [-0.05, 0) is 34.7 Å². The van der Waals surface area contributed by atoms with Crippen molar-refractivity contribution in [3.63, 3.8) is 0 Å². The van der Waals surface area contributed by atoms with Crippen LogP contribution in [-0.4, -0.2) is 39.0 Å². The van der Waals surface area contributed by atoms with Gasteiger partial charge in [0.05, 0.1) is 12.9 Å². The summed E-state index contributed by atoms with van der Waals surface area (Å²) < 4.78 is 33.0. The number of anilines is 1. The first-order valence-corrected chi connectivity index (χ1v) is 8.36. The lowest BCUT2D eigenvalue weighted by Gasteiger charge is -2.09. The SMILES string of the molecule is COc1ccccc1-n1nnnc1SCC(=O)Nc1cc(F)cc(F)c1. The van der Waals surface area contributed by atoms with Crippen LogP contribution in [-0.2, 0) is 4.79 Å². The van der Waals surface area contributed by atoms with Crippen molar-refractivity contribution in [2.45, 2.75) is 5.16 Å². The number of ether oxygens (including phenoxy) is 1. The van der Waals surface area contributed by atoms with Crippen LogP contribution in [0.3, 0.4) is 0 Å². The normalized spacial score (nSPS) is 10.6. The molecule has 0 aliphatic rings. The highest BCUT2D eigenvalue weighted by atomic mass is 32.2. The number of nitrogens with zero attached hydrogens (tertiary/aromatic N) is 4. The van der Waals surface area contributed by atoms with Gasteiger partial charge in [0, 0.05) is 11.8 Å². The zero-order valence-electron chi connectivity index (χ0n) is 13.5. The largest absolute Gasteiger partial charge is 0.494 e. The van der Waals surface area contributed by atoms with Crippen molar-refractivity contribution < 1.29 is 18.3 Å². The van der Waals surface area contributed by atoms with Crippen LogP contribution in [0.25, 0.3) is 5.69 Å². The summed E-state index contributed by atoms with van der Waals surface area (Å²) in [6.45, 7) is 0. The summed E-state index contributed by atoms with van der Waals surface area (Å²) in [6, 6.07) is 9.94. The molecular formula is C16H13F2N5O2S. The molecule has 0 spiro atoms. The van der Waals surface area contributed by atoms with Crippen LogP contribution in [0.2, 0.25) is 0 Å². The fourth-order valence-corrected chi connectivity index (χ4v) is 2.86. The van der Waals surface area contributed by atoms with E-state index in [2.05, 4.69) is 20.8 Å². The fraction of sp³-hybridized carbons (Fsp3) is 0.125. The Morgan fingerprint density at radius 2 is 1.96 bits per heavy atom. The zero-order valence-corrected chi connectivity index (χ0v) is 14.3. The Bertz CT molecular complexity index is 914. The summed E-state index contributed by atoms with van der Waals surface area (Å²) in [7, 11) is 1.53. The second-order valence-electron chi connectivity index (χ2n) is 5.04. The maximum atomic E-state index is 13.2. The molecule has 0 unspecified atom stereocenters. The third-order valence-corrected chi connectivity index (χ3v) is 4.15. The van der Waals surface area contributed by atoms with Gasteiger partial charge in [0.25, 0.3) is 0 Å². The van der Waals surface area contributed by atoms with Gasteiger partial charge in [-0.15, -0.1) is 5.10 Å². The molecule has 26 heavy (non-hydrogen) atoms. The molecule has 1 heterocycles. The number of aromatic nitrogens is 4. The van der Waals surface area contributed by atoms with E-state index in [9.17, 15) is 13.6 Å². The Labute approximate surface area is 151 Å². The fourth-order valence-electron chi connectivity index (χ4n) is 2.18. The molecule has 3 rings (SSSR count). The monoisotopic (exact) mass is 377 g/mol. The first-order chi connectivity index (χ1) is 12.6. The van der Waals surface area contributed by atoms with E-state index in [-0.39, 0.29) is 11.4 Å². The van der Waals surface area contributed by atoms with Crippen LogP contribution < -0.4 is 10.1 Å². The molecule has 0 bridgehead atoms. The predicted molar refractivity (Wildman–Crippen MR) is 91.4 cm³/mol. The smallest absolute Gasteiger partial charge is 0.234 e. The van der Waals surface area contributed by atoms with Gasteiger partial charge < -0.3 is 10.1 Å². The lowest BCUT2D eigenvalue weighted by molar-refractivity contribution is -0.113. The Morgan fingerprint density at radius 1 is 1.23 bits per heavy atom. The summed E-state index contributed by atoms with van der Waals surface area (Å²) in [4.78, 5) is 12.0. The molecular weight excluding hydrogens is 364 g/mol. The van der Waals surface area contributed by atoms with Crippen molar-refractivity contribution >= 4 is 23.4 Å². The van der Waals surface area contributed by atoms with Crippen LogP contribution in [0.4, 0.5) is 14.5 Å². The first kappa shape index (κ1) is 17.8. The molecule has 10 heteroatoms. The van der Waals surface area contributed by atoms with E-state index in [0.29, 0.717) is 16.6 Å². The van der Waals surface area contributed by atoms with Crippen LogP contribution in [0.5, 0.6) is 5.75 Å². The van der Waals surface area contributed by atoms with Gasteiger partial charge in [0.15, 0.2) is 0 Å². The molecule has 1 aromatic heterocycles. The van der Waals surface area contributed by atoms with Gasteiger partial charge >= 0.3 is 0 Å². The number of para-hydroxylation sites is 2. The number of hydrogen-bond donors (Lipinski definition) is 1. The summed E-state index contributed by atoms with van der Waals surface area (Å²) in [6.07, 6.45) is 0. The van der Waals surface area contributed by atoms with E-state index in [0.717, 1.165) is 30.0 Å². The molecule has 134 valence electrons. The van der Waals surface area contributed by atoms with Crippen molar-refractivity contribution in [1.82, 2.24) is 20.2 Å². The van der Waals surface area contributed by atoms with E-state index in [1.54, 1.807) is 18.2 Å². The van der Waals surface area contributed by atoms with Crippen molar-refractivity contribution in [3.8, 4) is 11.4 Å². The Balaban J connectivity index is 1.69. The third kappa shape index (κ3) is 4.14. The quantitative estimate of drug-likeness (QED) is 0.665. The minimum absolute atomic E-state index is 0.0393. The van der Waals surface area contributed by atoms with Crippen LogP contribution in [0.1, 0.15) is 0 Å². The molecule has 7 nitrogen and oxygen atoms in total. The minimum Gasteiger partial charge on any atom is -0.494 e. The van der Waals surface area contributed by atoms with Gasteiger partial charge in [-0.25, -0.2) is 8.78 Å². The second kappa shape index (κ2) is 7.91. The Morgan fingerprint density at radius 3 is 2.69 bits per heavy atom. The zero-order chi connectivity index (χ0) is 18.5. The summed E-state index contributed by atoms with van der Waals surface area (Å²) in [5.74, 6) is -1.47. The van der Waals surface area contributed by atoms with Crippen molar-refractivity contribution in [2.24, 2.45) is 0 Å². The maximum Gasteiger partial charge on any atom is 0.234 e. The predicted octanol–water partition coefficient (Wildman–Crippen LogP) is 2.68. The van der Waals surface area contributed by atoms with Crippen LogP contribution in [0.15, 0.2) is 47.6 Å². The number of carbonyl (C=O) groups is 1. The highest BCUT2D eigenvalue weighted by molar-refractivity contribution is 7.99. The molecule has 0 aliphatic heterocycles. The molecule has 0 saturated heterocycles. The molecule has 0 aliphatic carbocycles. The molecule has 0 radical (unpaired) electrons. The molecule has 2 aromatic carbocycles. The minimum atomic E-state index is -0.770. The second-order valence-corrected chi connectivity index (χ2v) is 5.98. The van der Waals surface area contributed by atoms with E-state index in [1.807, 2.05) is 6.07 Å². The highest BCUT2D eigenvalue weighted by Gasteiger charge is 2.15. The number of tetrazole rings is 1. The number of amides is 1. The molecule has 3 aromatic rings. The Hall–Kier alpha value is -3.01. The highest BCUT2D eigenvalue weighted by Crippen LogP contribution is 2.25. The average molecular weight is 377 g/mol. The lowest BCUT2D eigenvalue weighted by atomic mass is 10.3.